The zero-order chi connectivity index (χ0) is 29.6. The van der Waals surface area contributed by atoms with Crippen LogP contribution in [0, 0.1) is 46.3 Å². The Balaban J connectivity index is 1.39. The normalized spacial score (nSPS) is 44.0. The number of ether oxygens (including phenoxy) is 1. The summed E-state index contributed by atoms with van der Waals surface area (Å²) in [6.07, 6.45) is 10.8. The topological polar surface area (TPSA) is 120 Å². The summed E-state index contributed by atoms with van der Waals surface area (Å²) in [5, 5.41) is 21.7. The number of hydrogen-bond donors (Lipinski definition) is 3. The van der Waals surface area contributed by atoms with Crippen molar-refractivity contribution in [2.75, 3.05) is 6.54 Å². The third-order valence-electron chi connectivity index (χ3n) is 13.3. The van der Waals surface area contributed by atoms with Gasteiger partial charge in [-0.1, -0.05) is 39.3 Å². The van der Waals surface area contributed by atoms with E-state index in [0.717, 1.165) is 49.5 Å². The van der Waals surface area contributed by atoms with E-state index < -0.39 is 16.9 Å². The van der Waals surface area contributed by atoms with Crippen LogP contribution in [0.3, 0.4) is 0 Å². The van der Waals surface area contributed by atoms with E-state index >= 15 is 0 Å². The minimum Gasteiger partial charge on any atom is -0.494 e. The van der Waals surface area contributed by atoms with Crippen molar-refractivity contribution in [1.29, 1.82) is 0 Å². The Hall–Kier alpha value is -1.90. The summed E-state index contributed by atoms with van der Waals surface area (Å²) in [6.45, 7) is 9.82. The lowest BCUT2D eigenvalue weighted by molar-refractivity contribution is -0.0933. The van der Waals surface area contributed by atoms with Crippen LogP contribution in [0.15, 0.2) is 21.2 Å². The second kappa shape index (κ2) is 9.81. The van der Waals surface area contributed by atoms with Gasteiger partial charge < -0.3 is 20.7 Å². The molecule has 4 aliphatic carbocycles. The highest BCUT2D eigenvalue weighted by Crippen LogP contribution is 2.71. The van der Waals surface area contributed by atoms with Crippen LogP contribution >= 0.6 is 0 Å². The molecule has 4 fully saturated rings. The van der Waals surface area contributed by atoms with Crippen LogP contribution in [-0.2, 0) is 24.4 Å². The second-order valence-electron chi connectivity index (χ2n) is 15.1. The van der Waals surface area contributed by atoms with Gasteiger partial charge in [0.2, 0.25) is 5.88 Å². The van der Waals surface area contributed by atoms with E-state index in [4.69, 9.17) is 10.5 Å². The molecule has 6 rings (SSSR count). The number of rotatable bonds is 5. The van der Waals surface area contributed by atoms with Gasteiger partial charge >= 0.3 is 5.69 Å². The molecule has 0 radical (unpaired) electrons. The van der Waals surface area contributed by atoms with Gasteiger partial charge in [0.15, 0.2) is 0 Å². The molecule has 8 nitrogen and oxygen atoms in total. The van der Waals surface area contributed by atoms with Gasteiger partial charge in [-0.05, 0) is 111 Å². The van der Waals surface area contributed by atoms with Crippen molar-refractivity contribution >= 4 is 0 Å². The number of aromatic hydroxyl groups is 1. The quantitative estimate of drug-likeness (QED) is 0.462. The first-order chi connectivity index (χ1) is 19.3. The van der Waals surface area contributed by atoms with E-state index in [1.807, 2.05) is 0 Å². The average molecular weight is 570 g/mol. The van der Waals surface area contributed by atoms with Crippen molar-refractivity contribution in [1.82, 2.24) is 9.13 Å². The van der Waals surface area contributed by atoms with Gasteiger partial charge in [0.1, 0.15) is 11.2 Å². The zero-order valence-electron chi connectivity index (χ0n) is 25.9. The molecular weight excluding hydrogens is 518 g/mol. The molecule has 1 aromatic rings. The fourth-order valence-corrected chi connectivity index (χ4v) is 10.8. The molecular formula is C33H51N3O5. The van der Waals surface area contributed by atoms with Gasteiger partial charge in [0.25, 0.3) is 5.56 Å². The summed E-state index contributed by atoms with van der Waals surface area (Å²) >= 11 is 0. The van der Waals surface area contributed by atoms with Crippen LogP contribution < -0.4 is 17.0 Å². The predicted octanol–water partition coefficient (Wildman–Crippen LogP) is 3.94. The SMILES string of the molecule is C[C@H](CN)CC[C@]1(c2c(O)n(C)c(=O)n(C)c2=O)O[C@H]2C[C@@H]3[C@@H]4CC=C5C[C@H](O)CC[C@]5(C)[C@@H]4CC[C@]3(C)[C@@H]2[C@H]1C. The Morgan fingerprint density at radius 3 is 2.59 bits per heavy atom. The van der Waals surface area contributed by atoms with E-state index in [0.29, 0.717) is 30.7 Å². The third-order valence-corrected chi connectivity index (χ3v) is 13.3. The largest absolute Gasteiger partial charge is 0.494 e. The fourth-order valence-electron chi connectivity index (χ4n) is 10.8. The molecule has 8 heteroatoms. The number of nitrogens with two attached hydrogens (primary N) is 1. The Bertz CT molecular complexity index is 1370. The van der Waals surface area contributed by atoms with Gasteiger partial charge in [-0.25, -0.2) is 4.79 Å². The number of fused-ring (bicyclic) bond motifs is 7. The molecule has 0 aromatic carbocycles. The number of aliphatic hydroxyl groups excluding tert-OH is 1. The molecule has 1 saturated heterocycles. The van der Waals surface area contributed by atoms with Crippen molar-refractivity contribution in [3.63, 3.8) is 0 Å². The average Bonchev–Trinajstić information content (AvgIpc) is 3.40. The Morgan fingerprint density at radius 1 is 1.15 bits per heavy atom. The van der Waals surface area contributed by atoms with E-state index in [1.165, 1.54) is 30.7 Å². The Kier molecular flexibility index (Phi) is 6.99. The van der Waals surface area contributed by atoms with Crippen molar-refractivity contribution < 1.29 is 14.9 Å². The molecule has 11 atom stereocenters. The maximum atomic E-state index is 13.7. The highest BCUT2D eigenvalue weighted by molar-refractivity contribution is 5.34. The number of nitrogens with zero attached hydrogens (tertiary/aromatic N) is 2. The van der Waals surface area contributed by atoms with Gasteiger partial charge in [-0.3, -0.25) is 13.9 Å². The highest BCUT2D eigenvalue weighted by atomic mass is 16.5. The zero-order valence-corrected chi connectivity index (χ0v) is 25.9. The number of aliphatic hydroxyl groups is 1. The maximum Gasteiger partial charge on any atom is 0.333 e. The molecule has 0 spiro atoms. The van der Waals surface area contributed by atoms with E-state index in [2.05, 4.69) is 33.8 Å². The number of allylic oxidation sites excluding steroid dienone is 1. The first-order valence-corrected chi connectivity index (χ1v) is 16.0. The monoisotopic (exact) mass is 569 g/mol. The summed E-state index contributed by atoms with van der Waals surface area (Å²) in [4.78, 5) is 26.4. The van der Waals surface area contributed by atoms with Crippen LogP contribution in [0.2, 0.25) is 0 Å². The fraction of sp³-hybridized carbons (Fsp3) is 0.818. The van der Waals surface area contributed by atoms with Gasteiger partial charge in [0.05, 0.1) is 12.2 Å². The smallest absolute Gasteiger partial charge is 0.333 e. The lowest BCUT2D eigenvalue weighted by Crippen LogP contribution is -2.52. The molecule has 0 amide bonds. The summed E-state index contributed by atoms with van der Waals surface area (Å²) in [5.74, 6) is 2.01. The van der Waals surface area contributed by atoms with E-state index in [-0.39, 0.29) is 52.2 Å². The van der Waals surface area contributed by atoms with Crippen LogP contribution in [-0.4, -0.2) is 38.1 Å². The summed E-state index contributed by atoms with van der Waals surface area (Å²) in [7, 11) is 3.00. The van der Waals surface area contributed by atoms with E-state index in [1.54, 1.807) is 0 Å². The van der Waals surface area contributed by atoms with Crippen molar-refractivity contribution in [3.05, 3.63) is 38.1 Å². The molecule has 228 valence electrons. The standard InChI is InChI=1S/C33H51N3O5/c1-18(17-34)9-14-33(27-28(38)35(5)30(40)36(6)29(27)39)19(2)26-25(41-33)16-24-22-8-7-20-15-21(37)10-12-31(20,3)23(22)11-13-32(24,26)4/h7,18-19,21-26,37-38H,8-17,34H2,1-6H3/t18-,19+,21+,22+,23+,24+,25-,26+,31-,32-,33-/m0/s1. The summed E-state index contributed by atoms with van der Waals surface area (Å²) in [6, 6.07) is 0. The minimum absolute atomic E-state index is 0.000339. The van der Waals surface area contributed by atoms with Gasteiger partial charge in [0, 0.05) is 14.1 Å². The lowest BCUT2D eigenvalue weighted by atomic mass is 9.46. The molecule has 41 heavy (non-hydrogen) atoms. The van der Waals surface area contributed by atoms with Crippen molar-refractivity contribution in [2.24, 2.45) is 66.2 Å². The van der Waals surface area contributed by atoms with Crippen LogP contribution in [0.25, 0.3) is 0 Å². The molecule has 0 bridgehead atoms. The summed E-state index contributed by atoms with van der Waals surface area (Å²) in [5.41, 5.74) is 6.02. The first kappa shape index (κ1) is 29.2. The highest BCUT2D eigenvalue weighted by Gasteiger charge is 2.69. The van der Waals surface area contributed by atoms with Crippen molar-refractivity contribution in [3.8, 4) is 5.88 Å². The molecule has 0 unspecified atom stereocenters. The molecule has 3 saturated carbocycles. The van der Waals surface area contributed by atoms with Crippen LogP contribution in [0.4, 0.5) is 0 Å². The molecule has 1 aromatic heterocycles. The maximum absolute atomic E-state index is 13.7. The van der Waals surface area contributed by atoms with Gasteiger partial charge in [-0.15, -0.1) is 0 Å². The molecule has 2 heterocycles. The second-order valence-corrected chi connectivity index (χ2v) is 15.1. The molecule has 5 aliphatic rings. The van der Waals surface area contributed by atoms with Crippen molar-refractivity contribution in [2.45, 2.75) is 103 Å². The van der Waals surface area contributed by atoms with Crippen LogP contribution in [0.5, 0.6) is 5.88 Å². The number of aromatic nitrogens is 2. The van der Waals surface area contributed by atoms with E-state index in [9.17, 15) is 19.8 Å². The van der Waals surface area contributed by atoms with Crippen LogP contribution in [0.1, 0.15) is 91.0 Å². The molecule has 4 N–H and O–H groups in total. The summed E-state index contributed by atoms with van der Waals surface area (Å²) < 4.78 is 9.47. The third kappa shape index (κ3) is 3.95. The van der Waals surface area contributed by atoms with Gasteiger partial charge in [-0.2, -0.15) is 0 Å². The predicted molar refractivity (Wildman–Crippen MR) is 158 cm³/mol. The first-order valence-electron chi connectivity index (χ1n) is 16.0. The Labute approximate surface area is 244 Å². The number of hydrogen-bond acceptors (Lipinski definition) is 6. The minimum atomic E-state index is -0.973. The lowest BCUT2D eigenvalue weighted by Gasteiger charge is -2.58. The Morgan fingerprint density at radius 2 is 1.88 bits per heavy atom. The molecule has 1 aliphatic heterocycles.